The number of rotatable bonds is 8. The molecule has 1 rings (SSSR count). The second kappa shape index (κ2) is 11.0. The number of guanidine groups is 1. The number of nitrogens with one attached hydrogen (secondary N) is 2. The molecular weight excluding hydrogens is 250 g/mol. The number of ether oxygens (including phenoxy) is 1. The molecule has 0 saturated heterocycles. The molecule has 1 aliphatic carbocycles. The van der Waals surface area contributed by atoms with Gasteiger partial charge in [0.25, 0.3) is 0 Å². The predicted molar refractivity (Wildman–Crippen MR) is 86.2 cm³/mol. The highest BCUT2D eigenvalue weighted by molar-refractivity contribution is 5.79. The molecule has 0 aromatic rings. The Morgan fingerprint density at radius 2 is 2.00 bits per heavy atom. The van der Waals surface area contributed by atoms with Gasteiger partial charge in [0.15, 0.2) is 5.96 Å². The highest BCUT2D eigenvalue weighted by Crippen LogP contribution is 2.28. The molecule has 0 aromatic heterocycles. The first-order valence-corrected chi connectivity index (χ1v) is 8.30. The topological polar surface area (TPSA) is 45.6 Å². The molecule has 1 aliphatic rings. The second-order valence-electron chi connectivity index (χ2n) is 5.81. The van der Waals surface area contributed by atoms with Gasteiger partial charge in [0.1, 0.15) is 0 Å². The lowest BCUT2D eigenvalue weighted by Gasteiger charge is -2.29. The Bertz CT molecular complexity index is 268. The van der Waals surface area contributed by atoms with Crippen molar-refractivity contribution in [3.63, 3.8) is 0 Å². The van der Waals surface area contributed by atoms with E-state index in [2.05, 4.69) is 22.5 Å². The monoisotopic (exact) mass is 283 g/mol. The van der Waals surface area contributed by atoms with Crippen molar-refractivity contribution in [3.05, 3.63) is 0 Å². The predicted octanol–water partition coefficient (Wildman–Crippen LogP) is 2.79. The first kappa shape index (κ1) is 17.3. The maximum Gasteiger partial charge on any atom is 0.190 e. The van der Waals surface area contributed by atoms with Crippen molar-refractivity contribution in [2.45, 2.75) is 52.4 Å². The molecule has 20 heavy (non-hydrogen) atoms. The third-order valence-electron chi connectivity index (χ3n) is 4.26. The van der Waals surface area contributed by atoms with E-state index in [1.807, 2.05) is 14.0 Å². The highest BCUT2D eigenvalue weighted by atomic mass is 16.5. The number of unbranched alkanes of at least 4 members (excludes halogenated alkanes) is 1. The molecule has 4 nitrogen and oxygen atoms in total. The van der Waals surface area contributed by atoms with Gasteiger partial charge < -0.3 is 15.4 Å². The maximum absolute atomic E-state index is 5.33. The summed E-state index contributed by atoms with van der Waals surface area (Å²) in [6.07, 6.45) is 7.78. The third kappa shape index (κ3) is 7.13. The fourth-order valence-electron chi connectivity index (χ4n) is 2.82. The van der Waals surface area contributed by atoms with E-state index in [9.17, 15) is 0 Å². The minimum atomic E-state index is 0.806. The molecule has 0 amide bonds. The summed E-state index contributed by atoms with van der Waals surface area (Å²) in [5.41, 5.74) is 0. The van der Waals surface area contributed by atoms with Crippen LogP contribution in [-0.4, -0.2) is 39.3 Å². The maximum atomic E-state index is 5.33. The summed E-state index contributed by atoms with van der Waals surface area (Å²) in [6.45, 7) is 8.12. The third-order valence-corrected chi connectivity index (χ3v) is 4.26. The lowest BCUT2D eigenvalue weighted by Crippen LogP contribution is -2.41. The first-order valence-electron chi connectivity index (χ1n) is 8.30. The SMILES string of the molecule is CCOCCCCNC(=NC)NCC1CCCCC1C. The van der Waals surface area contributed by atoms with Gasteiger partial charge in [-0.05, 0) is 38.0 Å². The molecule has 0 spiro atoms. The molecule has 118 valence electrons. The van der Waals surface area contributed by atoms with Crippen LogP contribution in [0.3, 0.4) is 0 Å². The van der Waals surface area contributed by atoms with Crippen LogP contribution in [0.25, 0.3) is 0 Å². The Labute approximate surface area is 124 Å². The Balaban J connectivity index is 2.10. The summed E-state index contributed by atoms with van der Waals surface area (Å²) in [7, 11) is 1.85. The fraction of sp³-hybridized carbons (Fsp3) is 0.938. The van der Waals surface area contributed by atoms with Crippen molar-refractivity contribution >= 4 is 5.96 Å². The molecule has 1 saturated carbocycles. The molecular formula is C16H33N3O. The summed E-state index contributed by atoms with van der Waals surface area (Å²) in [4.78, 5) is 4.29. The van der Waals surface area contributed by atoms with Gasteiger partial charge in [-0.3, -0.25) is 4.99 Å². The van der Waals surface area contributed by atoms with E-state index in [1.54, 1.807) is 0 Å². The molecule has 2 unspecified atom stereocenters. The molecule has 0 radical (unpaired) electrons. The van der Waals surface area contributed by atoms with Crippen molar-refractivity contribution in [1.82, 2.24) is 10.6 Å². The van der Waals surface area contributed by atoms with Crippen LogP contribution in [0, 0.1) is 11.8 Å². The number of hydrogen-bond donors (Lipinski definition) is 2. The van der Waals surface area contributed by atoms with Gasteiger partial charge in [0.2, 0.25) is 0 Å². The van der Waals surface area contributed by atoms with Gasteiger partial charge in [-0.25, -0.2) is 0 Å². The quantitative estimate of drug-likeness (QED) is 0.409. The first-order chi connectivity index (χ1) is 9.77. The normalized spacial score (nSPS) is 23.6. The van der Waals surface area contributed by atoms with E-state index < -0.39 is 0 Å². The van der Waals surface area contributed by atoms with Crippen LogP contribution >= 0.6 is 0 Å². The van der Waals surface area contributed by atoms with Crippen molar-refractivity contribution < 1.29 is 4.74 Å². The molecule has 0 heterocycles. The van der Waals surface area contributed by atoms with Crippen LogP contribution < -0.4 is 10.6 Å². The standard InChI is InChI=1S/C16H33N3O/c1-4-20-12-8-7-11-18-16(17-3)19-13-15-10-6-5-9-14(15)2/h14-15H,4-13H2,1-3H3,(H2,17,18,19). The van der Waals surface area contributed by atoms with E-state index >= 15 is 0 Å². The molecule has 1 fully saturated rings. The Morgan fingerprint density at radius 1 is 1.20 bits per heavy atom. The average Bonchev–Trinajstić information content (AvgIpc) is 2.47. The van der Waals surface area contributed by atoms with E-state index in [1.165, 1.54) is 25.7 Å². The largest absolute Gasteiger partial charge is 0.382 e. The Kier molecular flexibility index (Phi) is 9.46. The molecule has 2 N–H and O–H groups in total. The molecule has 2 atom stereocenters. The molecule has 0 bridgehead atoms. The van der Waals surface area contributed by atoms with Gasteiger partial charge in [-0.2, -0.15) is 0 Å². The minimum absolute atomic E-state index is 0.806. The van der Waals surface area contributed by atoms with Crippen molar-refractivity contribution in [2.75, 3.05) is 33.4 Å². The van der Waals surface area contributed by atoms with Crippen LogP contribution in [0.15, 0.2) is 4.99 Å². The van der Waals surface area contributed by atoms with Crippen LogP contribution in [-0.2, 0) is 4.74 Å². The number of hydrogen-bond acceptors (Lipinski definition) is 2. The van der Waals surface area contributed by atoms with E-state index in [0.717, 1.165) is 56.9 Å². The number of aliphatic imine (C=N–C) groups is 1. The summed E-state index contributed by atoms with van der Waals surface area (Å²) in [5, 5.41) is 6.86. The highest BCUT2D eigenvalue weighted by Gasteiger charge is 2.21. The zero-order chi connectivity index (χ0) is 14.6. The number of nitrogens with zero attached hydrogens (tertiary/aromatic N) is 1. The summed E-state index contributed by atoms with van der Waals surface area (Å²) < 4.78 is 5.33. The van der Waals surface area contributed by atoms with Crippen molar-refractivity contribution in [3.8, 4) is 0 Å². The van der Waals surface area contributed by atoms with Gasteiger partial charge in [0, 0.05) is 33.4 Å². The zero-order valence-electron chi connectivity index (χ0n) is 13.6. The molecule has 0 aromatic carbocycles. The van der Waals surface area contributed by atoms with Crippen LogP contribution in [0.4, 0.5) is 0 Å². The van der Waals surface area contributed by atoms with E-state index in [4.69, 9.17) is 4.74 Å². The van der Waals surface area contributed by atoms with Gasteiger partial charge in [-0.15, -0.1) is 0 Å². The smallest absolute Gasteiger partial charge is 0.190 e. The fourth-order valence-corrected chi connectivity index (χ4v) is 2.82. The zero-order valence-corrected chi connectivity index (χ0v) is 13.6. The van der Waals surface area contributed by atoms with Gasteiger partial charge >= 0.3 is 0 Å². The van der Waals surface area contributed by atoms with Crippen LogP contribution in [0.1, 0.15) is 52.4 Å². The second-order valence-corrected chi connectivity index (χ2v) is 5.81. The van der Waals surface area contributed by atoms with Gasteiger partial charge in [0.05, 0.1) is 0 Å². The van der Waals surface area contributed by atoms with Crippen LogP contribution in [0.5, 0.6) is 0 Å². The average molecular weight is 283 g/mol. The lowest BCUT2D eigenvalue weighted by atomic mass is 9.80. The lowest BCUT2D eigenvalue weighted by molar-refractivity contribution is 0.143. The molecule has 4 heteroatoms. The molecule has 0 aliphatic heterocycles. The van der Waals surface area contributed by atoms with Crippen LogP contribution in [0.2, 0.25) is 0 Å². The summed E-state index contributed by atoms with van der Waals surface area (Å²) in [5.74, 6) is 2.60. The van der Waals surface area contributed by atoms with Crippen molar-refractivity contribution in [1.29, 1.82) is 0 Å². The van der Waals surface area contributed by atoms with E-state index in [0.29, 0.717) is 0 Å². The summed E-state index contributed by atoms with van der Waals surface area (Å²) in [6, 6.07) is 0. The Hall–Kier alpha value is -0.770. The summed E-state index contributed by atoms with van der Waals surface area (Å²) >= 11 is 0. The van der Waals surface area contributed by atoms with Crippen molar-refractivity contribution in [2.24, 2.45) is 16.8 Å². The Morgan fingerprint density at radius 3 is 2.70 bits per heavy atom. The minimum Gasteiger partial charge on any atom is -0.382 e. The van der Waals surface area contributed by atoms with Gasteiger partial charge in [-0.1, -0.05) is 26.2 Å². The van der Waals surface area contributed by atoms with E-state index in [-0.39, 0.29) is 0 Å².